The molecule has 0 amide bonds. The molecule has 0 aliphatic carbocycles. The molecule has 0 radical (unpaired) electrons. The van der Waals surface area contributed by atoms with Crippen molar-refractivity contribution in [2.24, 2.45) is 0 Å². The van der Waals surface area contributed by atoms with Crippen molar-refractivity contribution in [2.75, 3.05) is 20.7 Å². The van der Waals surface area contributed by atoms with Crippen LogP contribution in [0, 0.1) is 0 Å². The predicted octanol–water partition coefficient (Wildman–Crippen LogP) is 3.12. The van der Waals surface area contributed by atoms with Gasteiger partial charge in [0.25, 0.3) is 0 Å². The molecule has 0 aliphatic rings. The molecule has 4 nitrogen and oxygen atoms in total. The number of hydrogen-bond donors (Lipinski definition) is 0. The first-order valence-corrected chi connectivity index (χ1v) is 9.10. The third kappa shape index (κ3) is 4.12. The Morgan fingerprint density at radius 1 is 1.04 bits per heavy atom. The molecule has 0 bridgehead atoms. The van der Waals surface area contributed by atoms with Gasteiger partial charge in [-0.15, -0.1) is 0 Å². The number of para-hydroxylation sites is 1. The maximum absolute atomic E-state index is 12.6. The maximum Gasteiger partial charge on any atom is 0.242 e. The highest BCUT2D eigenvalue weighted by molar-refractivity contribution is 7.89. The zero-order chi connectivity index (χ0) is 16.9. The summed E-state index contributed by atoms with van der Waals surface area (Å²) in [7, 11) is -0.232. The van der Waals surface area contributed by atoms with Crippen LogP contribution in [0.3, 0.4) is 0 Å². The molecule has 0 saturated carbocycles. The van der Waals surface area contributed by atoms with E-state index in [9.17, 15) is 8.42 Å². The SMILES string of the molecule is CCc1ccc(S(=O)(=O)N(C)CCc2ccccc2OC)cc1. The minimum Gasteiger partial charge on any atom is -0.496 e. The van der Waals surface area contributed by atoms with Crippen LogP contribution in [-0.2, 0) is 22.9 Å². The predicted molar refractivity (Wildman–Crippen MR) is 92.3 cm³/mol. The number of nitrogens with zero attached hydrogens (tertiary/aromatic N) is 1. The zero-order valence-corrected chi connectivity index (χ0v) is 14.6. The van der Waals surface area contributed by atoms with Crippen molar-refractivity contribution in [3.63, 3.8) is 0 Å². The summed E-state index contributed by atoms with van der Waals surface area (Å²) < 4.78 is 31.9. The first-order chi connectivity index (χ1) is 11.0. The third-order valence-electron chi connectivity index (χ3n) is 3.93. The van der Waals surface area contributed by atoms with E-state index in [1.165, 1.54) is 4.31 Å². The summed E-state index contributed by atoms with van der Waals surface area (Å²) in [6.45, 7) is 2.45. The normalized spacial score (nSPS) is 11.7. The molecule has 0 atom stereocenters. The van der Waals surface area contributed by atoms with E-state index in [1.54, 1.807) is 26.3 Å². The van der Waals surface area contributed by atoms with Gasteiger partial charge in [0, 0.05) is 13.6 Å². The molecule has 0 aromatic heterocycles. The summed E-state index contributed by atoms with van der Waals surface area (Å²) in [5, 5.41) is 0. The van der Waals surface area contributed by atoms with Gasteiger partial charge in [-0.1, -0.05) is 37.3 Å². The van der Waals surface area contributed by atoms with Crippen LogP contribution < -0.4 is 4.74 Å². The zero-order valence-electron chi connectivity index (χ0n) is 13.8. The van der Waals surface area contributed by atoms with Crippen molar-refractivity contribution < 1.29 is 13.2 Å². The lowest BCUT2D eigenvalue weighted by Gasteiger charge is -2.18. The minimum atomic E-state index is -3.46. The van der Waals surface area contributed by atoms with Crippen LogP contribution in [0.5, 0.6) is 5.75 Å². The fourth-order valence-corrected chi connectivity index (χ4v) is 3.56. The maximum atomic E-state index is 12.6. The van der Waals surface area contributed by atoms with Gasteiger partial charge < -0.3 is 4.74 Å². The molecule has 23 heavy (non-hydrogen) atoms. The van der Waals surface area contributed by atoms with E-state index in [1.807, 2.05) is 43.3 Å². The first-order valence-electron chi connectivity index (χ1n) is 7.66. The molecule has 2 aromatic carbocycles. The number of hydrogen-bond acceptors (Lipinski definition) is 3. The summed E-state index contributed by atoms with van der Waals surface area (Å²) in [6, 6.07) is 14.7. The Kier molecular flexibility index (Phi) is 5.80. The minimum absolute atomic E-state index is 0.331. The van der Waals surface area contributed by atoms with Crippen molar-refractivity contribution in [1.29, 1.82) is 0 Å². The smallest absolute Gasteiger partial charge is 0.242 e. The lowest BCUT2D eigenvalue weighted by atomic mass is 10.1. The molecule has 2 aromatic rings. The van der Waals surface area contributed by atoms with Gasteiger partial charge in [-0.05, 0) is 42.2 Å². The second-order valence-corrected chi connectivity index (χ2v) is 7.43. The Morgan fingerprint density at radius 3 is 2.30 bits per heavy atom. The molecule has 0 aliphatic heterocycles. The van der Waals surface area contributed by atoms with E-state index < -0.39 is 10.0 Å². The lowest BCUT2D eigenvalue weighted by molar-refractivity contribution is 0.406. The standard InChI is InChI=1S/C18H23NO3S/c1-4-15-9-11-17(12-10-15)23(20,21)19(2)14-13-16-7-5-6-8-18(16)22-3/h5-12H,4,13-14H2,1-3H3. The largest absolute Gasteiger partial charge is 0.496 e. The van der Waals surface area contributed by atoms with Crippen LogP contribution >= 0.6 is 0 Å². The quantitative estimate of drug-likeness (QED) is 0.782. The summed E-state index contributed by atoms with van der Waals surface area (Å²) in [4.78, 5) is 0.331. The van der Waals surface area contributed by atoms with Crippen molar-refractivity contribution in [1.82, 2.24) is 4.31 Å². The number of aryl methyl sites for hydroxylation is 1. The van der Waals surface area contributed by atoms with Crippen LogP contribution in [-0.4, -0.2) is 33.4 Å². The molecule has 0 N–H and O–H groups in total. The fraction of sp³-hybridized carbons (Fsp3) is 0.333. The molecule has 0 heterocycles. The molecule has 0 fully saturated rings. The van der Waals surface area contributed by atoms with E-state index in [-0.39, 0.29) is 0 Å². The molecule has 0 saturated heterocycles. The third-order valence-corrected chi connectivity index (χ3v) is 5.80. The number of sulfonamides is 1. The van der Waals surface area contributed by atoms with Gasteiger partial charge in [-0.2, -0.15) is 0 Å². The van der Waals surface area contributed by atoms with Gasteiger partial charge in [0.2, 0.25) is 10.0 Å². The van der Waals surface area contributed by atoms with Crippen molar-refractivity contribution >= 4 is 10.0 Å². The number of likely N-dealkylation sites (N-methyl/N-ethyl adjacent to an activating group) is 1. The first kappa shape index (κ1) is 17.5. The molecule has 0 spiro atoms. The van der Waals surface area contributed by atoms with E-state index >= 15 is 0 Å². The van der Waals surface area contributed by atoms with Crippen LogP contribution in [0.4, 0.5) is 0 Å². The topological polar surface area (TPSA) is 46.6 Å². The lowest BCUT2D eigenvalue weighted by Crippen LogP contribution is -2.29. The summed E-state index contributed by atoms with van der Waals surface area (Å²) in [5.74, 6) is 0.783. The Hall–Kier alpha value is -1.85. The van der Waals surface area contributed by atoms with Gasteiger partial charge in [-0.25, -0.2) is 12.7 Å². The highest BCUT2D eigenvalue weighted by atomic mass is 32.2. The second kappa shape index (κ2) is 7.62. The van der Waals surface area contributed by atoms with E-state index in [0.717, 1.165) is 23.3 Å². The van der Waals surface area contributed by atoms with Crippen molar-refractivity contribution in [3.05, 3.63) is 59.7 Å². The van der Waals surface area contributed by atoms with E-state index in [2.05, 4.69) is 0 Å². The van der Waals surface area contributed by atoms with Crippen LogP contribution in [0.15, 0.2) is 53.4 Å². The van der Waals surface area contributed by atoms with Crippen LogP contribution in [0.25, 0.3) is 0 Å². The van der Waals surface area contributed by atoms with Gasteiger partial charge >= 0.3 is 0 Å². The Morgan fingerprint density at radius 2 is 1.70 bits per heavy atom. The molecular weight excluding hydrogens is 310 g/mol. The van der Waals surface area contributed by atoms with Gasteiger partial charge in [0.15, 0.2) is 0 Å². The number of rotatable bonds is 7. The molecule has 5 heteroatoms. The summed E-state index contributed by atoms with van der Waals surface area (Å²) in [5.41, 5.74) is 2.12. The van der Waals surface area contributed by atoms with Crippen LogP contribution in [0.2, 0.25) is 0 Å². The van der Waals surface area contributed by atoms with Crippen molar-refractivity contribution in [2.45, 2.75) is 24.7 Å². The number of benzene rings is 2. The van der Waals surface area contributed by atoms with Crippen LogP contribution in [0.1, 0.15) is 18.1 Å². The highest BCUT2D eigenvalue weighted by Crippen LogP contribution is 2.20. The van der Waals surface area contributed by atoms with Gasteiger partial charge in [-0.3, -0.25) is 0 Å². The van der Waals surface area contributed by atoms with Crippen molar-refractivity contribution in [3.8, 4) is 5.75 Å². The molecule has 124 valence electrons. The van der Waals surface area contributed by atoms with E-state index in [0.29, 0.717) is 17.9 Å². The molecular formula is C18H23NO3S. The summed E-state index contributed by atoms with van der Waals surface area (Å²) in [6.07, 6.45) is 1.50. The average Bonchev–Trinajstić information content (AvgIpc) is 2.59. The second-order valence-electron chi connectivity index (χ2n) is 5.39. The fourth-order valence-electron chi connectivity index (χ4n) is 2.38. The number of methoxy groups -OCH3 is 1. The monoisotopic (exact) mass is 333 g/mol. The van der Waals surface area contributed by atoms with Gasteiger partial charge in [0.05, 0.1) is 12.0 Å². The Labute approximate surface area is 138 Å². The Balaban J connectivity index is 2.10. The number of ether oxygens (including phenoxy) is 1. The highest BCUT2D eigenvalue weighted by Gasteiger charge is 2.20. The Bertz CT molecular complexity index is 739. The molecule has 0 unspecified atom stereocenters. The average molecular weight is 333 g/mol. The van der Waals surface area contributed by atoms with E-state index in [4.69, 9.17) is 4.74 Å². The van der Waals surface area contributed by atoms with Gasteiger partial charge in [0.1, 0.15) is 5.75 Å². The molecule has 2 rings (SSSR count). The summed E-state index contributed by atoms with van der Waals surface area (Å²) >= 11 is 0.